The summed E-state index contributed by atoms with van der Waals surface area (Å²) in [4.78, 5) is 0. The van der Waals surface area contributed by atoms with Crippen molar-refractivity contribution >= 4 is 29.7 Å². The maximum absolute atomic E-state index is 6.11. The SMILES string of the molecule is CCCCCCC(CCCC)COP(=S)(S)OCC(CCCC)CCCCCC. The Morgan fingerprint density at radius 2 is 0.931 bits per heavy atom. The molecule has 0 saturated heterocycles. The third-order valence-electron chi connectivity index (χ3n) is 5.81. The van der Waals surface area contributed by atoms with Crippen molar-refractivity contribution in [1.82, 2.24) is 0 Å². The van der Waals surface area contributed by atoms with Crippen LogP contribution in [0.3, 0.4) is 0 Å². The smallest absolute Gasteiger partial charge is 0.244 e. The molecule has 0 aromatic rings. The Hall–Kier alpha value is 0.920. The Balaban J connectivity index is 4.39. The van der Waals surface area contributed by atoms with Crippen LogP contribution < -0.4 is 0 Å². The molecule has 0 aliphatic carbocycles. The second kappa shape index (κ2) is 20.8. The molecule has 5 heteroatoms. The molecule has 0 fully saturated rings. The Labute approximate surface area is 194 Å². The van der Waals surface area contributed by atoms with Gasteiger partial charge in [0, 0.05) is 0 Å². The van der Waals surface area contributed by atoms with Crippen molar-refractivity contribution in [2.75, 3.05) is 13.2 Å². The summed E-state index contributed by atoms with van der Waals surface area (Å²) in [5.41, 5.74) is -2.43. The molecule has 176 valence electrons. The van der Waals surface area contributed by atoms with Gasteiger partial charge in [-0.2, -0.15) is 0 Å². The number of rotatable bonds is 22. The summed E-state index contributed by atoms with van der Waals surface area (Å²) in [5.74, 6) is 1.21. The van der Waals surface area contributed by atoms with Gasteiger partial charge in [-0.3, -0.25) is 0 Å². The van der Waals surface area contributed by atoms with Crippen LogP contribution in [0.5, 0.6) is 0 Å². The molecule has 0 aliphatic heterocycles. The lowest BCUT2D eigenvalue weighted by molar-refractivity contribution is 0.182. The van der Waals surface area contributed by atoms with Gasteiger partial charge in [0.1, 0.15) is 0 Å². The number of unbranched alkanes of at least 4 members (excludes halogenated alkanes) is 8. The standard InChI is InChI=1S/C24H51O2PS2/c1-5-9-13-15-19-23(17-11-7-3)21-25-27(28,29)26-22-24(18-12-8-4)20-16-14-10-6-2/h23-24H,5-22H2,1-4H3,(H,28,29). The molecule has 0 bridgehead atoms. The Morgan fingerprint density at radius 3 is 1.28 bits per heavy atom. The van der Waals surface area contributed by atoms with Crippen molar-refractivity contribution in [2.24, 2.45) is 11.8 Å². The van der Waals surface area contributed by atoms with Crippen LogP contribution in [0.2, 0.25) is 0 Å². The van der Waals surface area contributed by atoms with E-state index in [1.54, 1.807) is 0 Å². The van der Waals surface area contributed by atoms with Crippen LogP contribution >= 0.6 is 17.9 Å². The van der Waals surface area contributed by atoms with Crippen LogP contribution in [-0.4, -0.2) is 13.2 Å². The van der Waals surface area contributed by atoms with Gasteiger partial charge >= 0.3 is 0 Å². The predicted molar refractivity (Wildman–Crippen MR) is 139 cm³/mol. The summed E-state index contributed by atoms with van der Waals surface area (Å²) in [6, 6.07) is 0. The van der Waals surface area contributed by atoms with Gasteiger partial charge in [0.05, 0.1) is 13.2 Å². The molecular formula is C24H51O2PS2. The Kier molecular flexibility index (Phi) is 21.5. The topological polar surface area (TPSA) is 18.5 Å². The lowest BCUT2D eigenvalue weighted by atomic mass is 9.96. The van der Waals surface area contributed by atoms with E-state index in [1.165, 1.54) is 103 Å². The molecule has 29 heavy (non-hydrogen) atoms. The molecule has 0 spiro atoms. The maximum atomic E-state index is 6.11. The highest BCUT2D eigenvalue weighted by Gasteiger charge is 2.19. The van der Waals surface area contributed by atoms with Crippen molar-refractivity contribution in [2.45, 2.75) is 130 Å². The first-order chi connectivity index (χ1) is 14.0. The van der Waals surface area contributed by atoms with Gasteiger partial charge in [-0.1, -0.05) is 117 Å². The second-order valence-electron chi connectivity index (χ2n) is 8.78. The molecule has 0 saturated carbocycles. The molecular weight excluding hydrogens is 415 g/mol. The molecule has 2 atom stereocenters. The summed E-state index contributed by atoms with van der Waals surface area (Å²) in [7, 11) is 0. The van der Waals surface area contributed by atoms with Crippen LogP contribution in [0, 0.1) is 11.8 Å². The number of hydrogen-bond donors (Lipinski definition) is 1. The van der Waals surface area contributed by atoms with E-state index in [4.69, 9.17) is 20.9 Å². The Morgan fingerprint density at radius 1 is 0.586 bits per heavy atom. The van der Waals surface area contributed by atoms with Crippen molar-refractivity contribution in [3.63, 3.8) is 0 Å². The van der Waals surface area contributed by atoms with Crippen molar-refractivity contribution in [3.05, 3.63) is 0 Å². The molecule has 0 heterocycles. The molecule has 2 unspecified atom stereocenters. The third kappa shape index (κ3) is 19.3. The molecule has 0 amide bonds. The zero-order valence-corrected chi connectivity index (χ0v) is 22.6. The zero-order chi connectivity index (χ0) is 21.8. The molecule has 0 aromatic heterocycles. The van der Waals surface area contributed by atoms with E-state index in [1.807, 2.05) is 0 Å². The van der Waals surface area contributed by atoms with Crippen LogP contribution in [-0.2, 0) is 20.9 Å². The number of thiol groups is 1. The summed E-state index contributed by atoms with van der Waals surface area (Å²) >= 11 is 10.3. The molecule has 0 N–H and O–H groups in total. The van der Waals surface area contributed by atoms with Crippen LogP contribution in [0.15, 0.2) is 0 Å². The van der Waals surface area contributed by atoms with Crippen molar-refractivity contribution < 1.29 is 9.05 Å². The fourth-order valence-corrected chi connectivity index (χ4v) is 5.40. The van der Waals surface area contributed by atoms with E-state index in [2.05, 4.69) is 39.9 Å². The van der Waals surface area contributed by atoms with Crippen molar-refractivity contribution in [3.8, 4) is 0 Å². The largest absolute Gasteiger partial charge is 0.322 e. The highest BCUT2D eigenvalue weighted by molar-refractivity contribution is 8.60. The van der Waals surface area contributed by atoms with E-state index in [0.717, 1.165) is 13.2 Å². The van der Waals surface area contributed by atoms with E-state index in [0.29, 0.717) is 11.8 Å². The van der Waals surface area contributed by atoms with Crippen LogP contribution in [0.25, 0.3) is 0 Å². The van der Waals surface area contributed by atoms with E-state index < -0.39 is 5.69 Å². The van der Waals surface area contributed by atoms with Gasteiger partial charge < -0.3 is 9.05 Å². The minimum Gasteiger partial charge on any atom is -0.322 e. The van der Waals surface area contributed by atoms with Gasteiger partial charge in [-0.25, -0.2) is 0 Å². The highest BCUT2D eigenvalue weighted by Crippen LogP contribution is 2.54. The first-order valence-electron chi connectivity index (χ1n) is 12.6. The predicted octanol–water partition coefficient (Wildman–Crippen LogP) is 9.73. The van der Waals surface area contributed by atoms with Crippen LogP contribution in [0.4, 0.5) is 0 Å². The van der Waals surface area contributed by atoms with Gasteiger partial charge in [0.25, 0.3) is 0 Å². The highest BCUT2D eigenvalue weighted by atomic mass is 32.9. The first-order valence-corrected chi connectivity index (χ1v) is 16.4. The molecule has 0 radical (unpaired) electrons. The summed E-state index contributed by atoms with van der Waals surface area (Å²) in [5, 5.41) is 0. The first kappa shape index (κ1) is 29.9. The maximum Gasteiger partial charge on any atom is 0.244 e. The lowest BCUT2D eigenvalue weighted by Crippen LogP contribution is -2.12. The normalized spacial score (nSPS) is 15.9. The summed E-state index contributed by atoms with van der Waals surface area (Å²) < 4.78 is 12.2. The lowest BCUT2D eigenvalue weighted by Gasteiger charge is -2.24. The second-order valence-corrected chi connectivity index (χ2v) is 14.1. The summed E-state index contributed by atoms with van der Waals surface area (Å²) in [6.07, 6.45) is 20.5. The molecule has 2 nitrogen and oxygen atoms in total. The van der Waals surface area contributed by atoms with Gasteiger partial charge in [0.2, 0.25) is 5.69 Å². The fraction of sp³-hybridized carbons (Fsp3) is 1.00. The van der Waals surface area contributed by atoms with E-state index in [9.17, 15) is 0 Å². The summed E-state index contributed by atoms with van der Waals surface area (Å²) in [6.45, 7) is 10.5. The molecule has 0 aliphatic rings. The monoisotopic (exact) mass is 466 g/mol. The quantitative estimate of drug-likeness (QED) is 0.0972. The fourth-order valence-electron chi connectivity index (χ4n) is 3.76. The number of hydrogen-bond acceptors (Lipinski definition) is 3. The van der Waals surface area contributed by atoms with Gasteiger partial charge in [-0.05, 0) is 49.3 Å². The third-order valence-corrected chi connectivity index (χ3v) is 8.09. The van der Waals surface area contributed by atoms with Gasteiger partial charge in [-0.15, -0.1) is 0 Å². The Bertz CT molecular complexity index is 361. The van der Waals surface area contributed by atoms with Gasteiger partial charge in [0.15, 0.2) is 0 Å². The van der Waals surface area contributed by atoms with E-state index in [-0.39, 0.29) is 0 Å². The minimum atomic E-state index is -2.43. The molecule has 0 aromatic carbocycles. The molecule has 0 rings (SSSR count). The average molecular weight is 467 g/mol. The average Bonchev–Trinajstić information content (AvgIpc) is 2.71. The van der Waals surface area contributed by atoms with E-state index >= 15 is 0 Å². The minimum absolute atomic E-state index is 0.606. The van der Waals surface area contributed by atoms with Crippen LogP contribution in [0.1, 0.15) is 130 Å². The van der Waals surface area contributed by atoms with Crippen molar-refractivity contribution in [1.29, 1.82) is 0 Å². The zero-order valence-electron chi connectivity index (χ0n) is 20.0.